The predicted molar refractivity (Wildman–Crippen MR) is 89.4 cm³/mol. The Labute approximate surface area is 136 Å². The smallest absolute Gasteiger partial charge is 0.237 e. The largest absolute Gasteiger partial charge is 0.311 e. The van der Waals surface area contributed by atoms with Crippen LogP contribution in [0.3, 0.4) is 0 Å². The third-order valence-electron chi connectivity index (χ3n) is 3.20. The van der Waals surface area contributed by atoms with Crippen LogP contribution in [0.25, 0.3) is 0 Å². The minimum Gasteiger partial charge on any atom is -0.311 e. The predicted octanol–water partition coefficient (Wildman–Crippen LogP) is 3.55. The molecule has 1 amide bonds. The molecule has 0 saturated carbocycles. The van der Waals surface area contributed by atoms with E-state index in [2.05, 4.69) is 23.2 Å². The number of anilines is 1. The van der Waals surface area contributed by atoms with E-state index in [1.54, 1.807) is 5.51 Å². The molecule has 0 bridgehead atoms. The molecule has 0 N–H and O–H groups in total. The molecule has 0 spiro atoms. The van der Waals surface area contributed by atoms with Gasteiger partial charge in [-0.05, 0) is 18.6 Å². The normalized spacial score (nSPS) is 18.1. The zero-order valence-corrected chi connectivity index (χ0v) is 14.0. The van der Waals surface area contributed by atoms with E-state index < -0.39 is 0 Å². The molecular weight excluding hydrogens is 322 g/mol. The van der Waals surface area contributed by atoms with Gasteiger partial charge in [0, 0.05) is 16.7 Å². The van der Waals surface area contributed by atoms with Gasteiger partial charge >= 0.3 is 0 Å². The van der Waals surface area contributed by atoms with Crippen LogP contribution in [0.5, 0.6) is 0 Å². The van der Waals surface area contributed by atoms with Crippen molar-refractivity contribution < 1.29 is 4.79 Å². The number of amides is 1. The molecule has 1 aromatic carbocycles. The van der Waals surface area contributed by atoms with E-state index in [9.17, 15) is 4.79 Å². The minimum atomic E-state index is 0.136. The summed E-state index contributed by atoms with van der Waals surface area (Å²) in [5, 5.41) is 8.29. The average molecular weight is 337 g/mol. The third kappa shape index (κ3) is 3.59. The molecule has 0 aliphatic carbocycles. The van der Waals surface area contributed by atoms with Crippen molar-refractivity contribution in [3.8, 4) is 0 Å². The minimum absolute atomic E-state index is 0.136. The molecule has 0 saturated heterocycles. The van der Waals surface area contributed by atoms with Gasteiger partial charge in [-0.1, -0.05) is 42.2 Å². The van der Waals surface area contributed by atoms with Crippen LogP contribution in [0.2, 0.25) is 0 Å². The van der Waals surface area contributed by atoms with E-state index in [-0.39, 0.29) is 5.91 Å². The van der Waals surface area contributed by atoms with Crippen LogP contribution < -0.4 is 4.90 Å². The third-order valence-corrected chi connectivity index (χ3v) is 6.29. The van der Waals surface area contributed by atoms with Gasteiger partial charge in [-0.3, -0.25) is 4.79 Å². The molecule has 0 fully saturated rings. The van der Waals surface area contributed by atoms with Gasteiger partial charge in [0.15, 0.2) is 4.34 Å². The van der Waals surface area contributed by atoms with Crippen LogP contribution in [0, 0.1) is 0 Å². The van der Waals surface area contributed by atoms with Crippen molar-refractivity contribution in [3.05, 3.63) is 29.8 Å². The van der Waals surface area contributed by atoms with Crippen molar-refractivity contribution in [2.24, 2.45) is 0 Å². The van der Waals surface area contributed by atoms with Gasteiger partial charge in [0.2, 0.25) is 5.91 Å². The van der Waals surface area contributed by atoms with Crippen LogP contribution in [0.1, 0.15) is 13.3 Å². The van der Waals surface area contributed by atoms with Crippen molar-refractivity contribution in [2.45, 2.75) is 27.8 Å². The Morgan fingerprint density at radius 2 is 2.33 bits per heavy atom. The summed E-state index contributed by atoms with van der Waals surface area (Å²) < 4.78 is 0.842. The number of para-hydroxylation sites is 1. The van der Waals surface area contributed by atoms with Gasteiger partial charge < -0.3 is 4.90 Å². The Morgan fingerprint density at radius 3 is 3.14 bits per heavy atom. The Bertz CT molecular complexity index is 618. The highest BCUT2D eigenvalue weighted by Crippen LogP contribution is 2.37. The van der Waals surface area contributed by atoms with E-state index in [0.29, 0.717) is 11.0 Å². The maximum atomic E-state index is 12.6. The molecule has 21 heavy (non-hydrogen) atoms. The summed E-state index contributed by atoms with van der Waals surface area (Å²) >= 11 is 4.77. The van der Waals surface area contributed by atoms with E-state index >= 15 is 0 Å². The lowest BCUT2D eigenvalue weighted by Gasteiger charge is -2.22. The number of nitrogens with zero attached hydrogens (tertiary/aromatic N) is 3. The summed E-state index contributed by atoms with van der Waals surface area (Å²) in [5.41, 5.74) is 2.72. The molecule has 0 radical (unpaired) electrons. The number of carbonyl (C=O) groups is 1. The first-order valence-electron chi connectivity index (χ1n) is 6.69. The molecule has 3 rings (SSSR count). The maximum absolute atomic E-state index is 12.6. The molecule has 4 nitrogen and oxygen atoms in total. The first-order chi connectivity index (χ1) is 10.2. The lowest BCUT2D eigenvalue weighted by atomic mass is 10.2. The van der Waals surface area contributed by atoms with Crippen LogP contribution in [0.4, 0.5) is 5.69 Å². The number of thioether (sulfide) groups is 2. The number of carbonyl (C=O) groups excluding carboxylic acids is 1. The van der Waals surface area contributed by atoms with Crippen LogP contribution in [0.15, 0.2) is 39.0 Å². The summed E-state index contributed by atoms with van der Waals surface area (Å²) in [7, 11) is 0. The number of rotatable bonds is 3. The van der Waals surface area contributed by atoms with Gasteiger partial charge in [-0.15, -0.1) is 22.0 Å². The fourth-order valence-corrected chi connectivity index (χ4v) is 4.65. The number of hydrogen-bond acceptors (Lipinski definition) is 6. The van der Waals surface area contributed by atoms with Gasteiger partial charge in [0.05, 0.1) is 11.4 Å². The first kappa shape index (κ1) is 14.9. The summed E-state index contributed by atoms with van der Waals surface area (Å²) in [6, 6.07) is 8.16. The Kier molecular flexibility index (Phi) is 4.82. The Morgan fingerprint density at radius 1 is 1.48 bits per heavy atom. The lowest BCUT2D eigenvalue weighted by molar-refractivity contribution is -0.116. The highest BCUT2D eigenvalue weighted by atomic mass is 32.2. The second-order valence-electron chi connectivity index (χ2n) is 4.72. The average Bonchev–Trinajstić information content (AvgIpc) is 2.94. The second kappa shape index (κ2) is 6.81. The number of aromatic nitrogens is 2. The molecule has 1 atom stereocenters. The van der Waals surface area contributed by atoms with E-state index in [4.69, 9.17) is 0 Å². The summed E-state index contributed by atoms with van der Waals surface area (Å²) in [4.78, 5) is 15.7. The van der Waals surface area contributed by atoms with Crippen LogP contribution in [-0.4, -0.2) is 33.7 Å². The molecule has 2 aromatic rings. The van der Waals surface area contributed by atoms with E-state index in [0.717, 1.165) is 23.0 Å². The summed E-state index contributed by atoms with van der Waals surface area (Å²) in [5.74, 6) is 0.542. The lowest BCUT2D eigenvalue weighted by Crippen LogP contribution is -2.33. The maximum Gasteiger partial charge on any atom is 0.237 e. The second-order valence-corrected chi connectivity index (χ2v) is 8.26. The van der Waals surface area contributed by atoms with Gasteiger partial charge in [0.25, 0.3) is 0 Å². The standard InChI is InChI=1S/C14H15N3OS3/c1-10-6-7-17(11-4-2-3-5-12(11)21-10)13(18)8-19-14-16-15-9-20-14/h2-5,9-10H,6-8H2,1H3/t10-/m0/s1. The zero-order chi connectivity index (χ0) is 14.7. The SMILES string of the molecule is C[C@H]1CCN(C(=O)CSc2nncs2)c2ccccc2S1. The fourth-order valence-electron chi connectivity index (χ4n) is 2.17. The number of benzene rings is 1. The van der Waals surface area contributed by atoms with E-state index in [1.165, 1.54) is 28.0 Å². The highest BCUT2D eigenvalue weighted by molar-refractivity contribution is 8.01. The summed E-state index contributed by atoms with van der Waals surface area (Å²) in [6.07, 6.45) is 1.01. The van der Waals surface area contributed by atoms with Crippen molar-refractivity contribution >= 4 is 46.5 Å². The molecule has 1 aromatic heterocycles. The number of hydrogen-bond donors (Lipinski definition) is 0. The molecule has 0 unspecified atom stereocenters. The highest BCUT2D eigenvalue weighted by Gasteiger charge is 2.24. The molecule has 1 aliphatic rings. The van der Waals surface area contributed by atoms with Crippen molar-refractivity contribution in [1.29, 1.82) is 0 Å². The van der Waals surface area contributed by atoms with Crippen LogP contribution in [-0.2, 0) is 4.79 Å². The summed E-state index contributed by atoms with van der Waals surface area (Å²) in [6.45, 7) is 2.99. The quantitative estimate of drug-likeness (QED) is 0.802. The molecule has 110 valence electrons. The zero-order valence-electron chi connectivity index (χ0n) is 11.6. The first-order valence-corrected chi connectivity index (χ1v) is 9.43. The van der Waals surface area contributed by atoms with E-state index in [1.807, 2.05) is 34.9 Å². The number of fused-ring (bicyclic) bond motifs is 1. The molecule has 2 heterocycles. The fraction of sp³-hybridized carbons (Fsp3) is 0.357. The van der Waals surface area contributed by atoms with Crippen molar-refractivity contribution in [2.75, 3.05) is 17.2 Å². The van der Waals surface area contributed by atoms with Crippen molar-refractivity contribution in [3.63, 3.8) is 0 Å². The van der Waals surface area contributed by atoms with Crippen molar-refractivity contribution in [1.82, 2.24) is 10.2 Å². The van der Waals surface area contributed by atoms with Gasteiger partial charge in [-0.25, -0.2) is 0 Å². The van der Waals surface area contributed by atoms with Crippen LogP contribution >= 0.6 is 34.9 Å². The molecule has 7 heteroatoms. The Balaban J connectivity index is 1.76. The molecular formula is C14H15N3OS3. The van der Waals surface area contributed by atoms with Gasteiger partial charge in [0.1, 0.15) is 5.51 Å². The monoisotopic (exact) mass is 337 g/mol. The topological polar surface area (TPSA) is 46.1 Å². The molecule has 1 aliphatic heterocycles. The van der Waals surface area contributed by atoms with Gasteiger partial charge in [-0.2, -0.15) is 0 Å². The Hall–Kier alpha value is -1.05.